The lowest BCUT2D eigenvalue weighted by Crippen LogP contribution is -2.04. The molecule has 122 valence electrons. The number of hydrogen-bond acceptors (Lipinski definition) is 4. The number of anilines is 3. The van der Waals surface area contributed by atoms with Crippen molar-refractivity contribution in [3.05, 3.63) is 78.0 Å². The third-order valence-corrected chi connectivity index (χ3v) is 3.81. The van der Waals surface area contributed by atoms with E-state index in [1.807, 2.05) is 24.3 Å². The molecule has 0 aliphatic rings. The minimum Gasteiger partial charge on any atom is -0.366 e. The van der Waals surface area contributed by atoms with E-state index in [2.05, 4.69) is 70.8 Å². The van der Waals surface area contributed by atoms with Gasteiger partial charge in [-0.05, 0) is 35.2 Å². The molecule has 0 saturated carbocycles. The number of nitrogens with zero attached hydrogens (tertiary/aromatic N) is 2. The third-order valence-electron chi connectivity index (χ3n) is 3.81. The zero-order valence-electron chi connectivity index (χ0n) is 14.0. The molecule has 0 aliphatic heterocycles. The fraction of sp³-hybridized carbons (Fsp3) is 0.200. The highest BCUT2D eigenvalue weighted by Gasteiger charge is 2.02. The van der Waals surface area contributed by atoms with Crippen molar-refractivity contribution in [1.82, 2.24) is 9.97 Å². The first-order valence-corrected chi connectivity index (χ1v) is 8.18. The molecule has 4 heteroatoms. The van der Waals surface area contributed by atoms with Crippen molar-refractivity contribution in [2.24, 2.45) is 0 Å². The maximum absolute atomic E-state index is 4.51. The van der Waals surface area contributed by atoms with Crippen molar-refractivity contribution in [3.8, 4) is 0 Å². The Morgan fingerprint density at radius 2 is 1.67 bits per heavy atom. The van der Waals surface area contributed by atoms with Gasteiger partial charge in [0.2, 0.25) is 5.95 Å². The monoisotopic (exact) mass is 318 g/mol. The van der Waals surface area contributed by atoms with Crippen LogP contribution in [0.25, 0.3) is 0 Å². The van der Waals surface area contributed by atoms with Crippen LogP contribution in [0.1, 0.15) is 30.9 Å². The summed E-state index contributed by atoms with van der Waals surface area (Å²) in [5.74, 6) is 1.92. The molecule has 0 spiro atoms. The van der Waals surface area contributed by atoms with Gasteiger partial charge < -0.3 is 10.6 Å². The van der Waals surface area contributed by atoms with Gasteiger partial charge in [-0.25, -0.2) is 4.98 Å². The van der Waals surface area contributed by atoms with E-state index in [4.69, 9.17) is 0 Å². The SMILES string of the molecule is CC(C)c1ccc(Nc2nccc(NCc3ccccc3)n2)cc1. The van der Waals surface area contributed by atoms with Gasteiger partial charge in [0.15, 0.2) is 0 Å². The summed E-state index contributed by atoms with van der Waals surface area (Å²) in [6.07, 6.45) is 1.76. The Kier molecular flexibility index (Phi) is 5.06. The lowest BCUT2D eigenvalue weighted by molar-refractivity contribution is 0.867. The molecule has 1 aromatic heterocycles. The number of rotatable bonds is 6. The van der Waals surface area contributed by atoms with Gasteiger partial charge in [0.1, 0.15) is 5.82 Å². The van der Waals surface area contributed by atoms with E-state index in [0.717, 1.165) is 18.1 Å². The summed E-state index contributed by atoms with van der Waals surface area (Å²) in [4.78, 5) is 8.79. The van der Waals surface area contributed by atoms with Gasteiger partial charge in [-0.2, -0.15) is 4.98 Å². The molecule has 0 unspecified atom stereocenters. The largest absolute Gasteiger partial charge is 0.366 e. The molecule has 0 amide bonds. The Labute approximate surface area is 143 Å². The third kappa shape index (κ3) is 4.32. The molecule has 0 fully saturated rings. The molecule has 3 rings (SSSR count). The maximum Gasteiger partial charge on any atom is 0.229 e. The molecule has 0 radical (unpaired) electrons. The molecular weight excluding hydrogens is 296 g/mol. The molecule has 2 aromatic carbocycles. The van der Waals surface area contributed by atoms with Gasteiger partial charge in [0, 0.05) is 18.4 Å². The molecule has 1 heterocycles. The molecule has 24 heavy (non-hydrogen) atoms. The van der Waals surface area contributed by atoms with Crippen LogP contribution in [0.2, 0.25) is 0 Å². The summed E-state index contributed by atoms with van der Waals surface area (Å²) in [5.41, 5.74) is 3.52. The van der Waals surface area contributed by atoms with Crippen LogP contribution in [0.4, 0.5) is 17.5 Å². The normalized spacial score (nSPS) is 10.6. The topological polar surface area (TPSA) is 49.8 Å². The van der Waals surface area contributed by atoms with Gasteiger partial charge in [0.05, 0.1) is 0 Å². The van der Waals surface area contributed by atoms with E-state index in [1.54, 1.807) is 6.20 Å². The number of benzene rings is 2. The smallest absolute Gasteiger partial charge is 0.229 e. The van der Waals surface area contributed by atoms with E-state index in [1.165, 1.54) is 11.1 Å². The average Bonchev–Trinajstić information content (AvgIpc) is 2.62. The van der Waals surface area contributed by atoms with Crippen LogP contribution in [0.15, 0.2) is 66.9 Å². The van der Waals surface area contributed by atoms with E-state index in [9.17, 15) is 0 Å². The highest BCUT2D eigenvalue weighted by Crippen LogP contribution is 2.19. The molecule has 0 saturated heterocycles. The van der Waals surface area contributed by atoms with E-state index >= 15 is 0 Å². The molecule has 4 nitrogen and oxygen atoms in total. The first kappa shape index (κ1) is 16.0. The van der Waals surface area contributed by atoms with Crippen molar-refractivity contribution < 1.29 is 0 Å². The molecule has 0 aliphatic carbocycles. The Morgan fingerprint density at radius 1 is 0.917 bits per heavy atom. The Morgan fingerprint density at radius 3 is 2.38 bits per heavy atom. The lowest BCUT2D eigenvalue weighted by Gasteiger charge is -2.10. The molecular formula is C20H22N4. The van der Waals surface area contributed by atoms with Crippen molar-refractivity contribution in [1.29, 1.82) is 0 Å². The average molecular weight is 318 g/mol. The first-order valence-electron chi connectivity index (χ1n) is 8.18. The Bertz CT molecular complexity index is 767. The minimum absolute atomic E-state index is 0.529. The summed E-state index contributed by atoms with van der Waals surface area (Å²) < 4.78 is 0. The van der Waals surface area contributed by atoms with E-state index in [0.29, 0.717) is 11.9 Å². The number of hydrogen-bond donors (Lipinski definition) is 2. The van der Waals surface area contributed by atoms with Crippen LogP contribution in [0.5, 0.6) is 0 Å². The van der Waals surface area contributed by atoms with Crippen LogP contribution in [-0.2, 0) is 6.54 Å². The quantitative estimate of drug-likeness (QED) is 0.675. The van der Waals surface area contributed by atoms with Crippen molar-refractivity contribution in [3.63, 3.8) is 0 Å². The number of nitrogens with one attached hydrogen (secondary N) is 2. The minimum atomic E-state index is 0.529. The van der Waals surface area contributed by atoms with E-state index in [-0.39, 0.29) is 0 Å². The number of aromatic nitrogens is 2. The first-order chi connectivity index (χ1) is 11.7. The van der Waals surface area contributed by atoms with Crippen molar-refractivity contribution >= 4 is 17.5 Å². The predicted molar refractivity (Wildman–Crippen MR) is 99.6 cm³/mol. The highest BCUT2D eigenvalue weighted by atomic mass is 15.1. The van der Waals surface area contributed by atoms with E-state index < -0.39 is 0 Å². The summed E-state index contributed by atoms with van der Waals surface area (Å²) in [5, 5.41) is 6.57. The lowest BCUT2D eigenvalue weighted by atomic mass is 10.0. The van der Waals surface area contributed by atoms with Gasteiger partial charge >= 0.3 is 0 Å². The zero-order chi connectivity index (χ0) is 16.8. The Balaban J connectivity index is 1.64. The van der Waals surface area contributed by atoms with Crippen LogP contribution in [0.3, 0.4) is 0 Å². The molecule has 3 aromatic rings. The molecule has 2 N–H and O–H groups in total. The van der Waals surface area contributed by atoms with Crippen LogP contribution in [-0.4, -0.2) is 9.97 Å². The second-order valence-corrected chi connectivity index (χ2v) is 6.01. The van der Waals surface area contributed by atoms with Gasteiger partial charge in [-0.1, -0.05) is 56.3 Å². The van der Waals surface area contributed by atoms with Crippen molar-refractivity contribution in [2.45, 2.75) is 26.3 Å². The molecule has 0 bridgehead atoms. The standard InChI is InChI=1S/C20H22N4/c1-15(2)17-8-10-18(11-9-17)23-20-21-13-12-19(24-20)22-14-16-6-4-3-5-7-16/h3-13,15H,14H2,1-2H3,(H2,21,22,23,24). The Hall–Kier alpha value is -2.88. The predicted octanol–water partition coefficient (Wildman–Crippen LogP) is 4.96. The zero-order valence-corrected chi connectivity index (χ0v) is 14.0. The molecule has 0 atom stereocenters. The fourth-order valence-corrected chi connectivity index (χ4v) is 2.39. The van der Waals surface area contributed by atoms with Crippen LogP contribution >= 0.6 is 0 Å². The maximum atomic E-state index is 4.51. The summed E-state index contributed by atoms with van der Waals surface area (Å²) in [6.45, 7) is 5.11. The van der Waals surface area contributed by atoms with Crippen LogP contribution in [0, 0.1) is 0 Å². The van der Waals surface area contributed by atoms with Gasteiger partial charge in [-0.3, -0.25) is 0 Å². The van der Waals surface area contributed by atoms with Gasteiger partial charge in [-0.15, -0.1) is 0 Å². The summed E-state index contributed by atoms with van der Waals surface area (Å²) >= 11 is 0. The van der Waals surface area contributed by atoms with Gasteiger partial charge in [0.25, 0.3) is 0 Å². The van der Waals surface area contributed by atoms with Crippen LogP contribution < -0.4 is 10.6 Å². The van der Waals surface area contributed by atoms with Crippen molar-refractivity contribution in [2.75, 3.05) is 10.6 Å². The second kappa shape index (κ2) is 7.59. The summed E-state index contributed by atoms with van der Waals surface area (Å²) in [7, 11) is 0. The fourth-order valence-electron chi connectivity index (χ4n) is 2.39. The second-order valence-electron chi connectivity index (χ2n) is 6.01. The summed E-state index contributed by atoms with van der Waals surface area (Å²) in [6, 6.07) is 20.5. The highest BCUT2D eigenvalue weighted by molar-refractivity contribution is 5.55.